The van der Waals surface area contributed by atoms with Gasteiger partial charge in [-0.05, 0) is 47.7 Å². The van der Waals surface area contributed by atoms with Crippen molar-refractivity contribution in [3.63, 3.8) is 0 Å². The highest BCUT2D eigenvalue weighted by Gasteiger charge is 2.31. The quantitative estimate of drug-likeness (QED) is 0.516. The molecule has 0 saturated carbocycles. The van der Waals surface area contributed by atoms with Crippen molar-refractivity contribution in [2.24, 2.45) is 0 Å². The second kappa shape index (κ2) is 8.09. The zero-order valence-corrected chi connectivity index (χ0v) is 14.8. The SMILES string of the molecule is Cc1nnnn1-c1ccc(F)c(NC(=O)/C=C/c2ccccc2OC(F)(F)F)c1. The van der Waals surface area contributed by atoms with E-state index in [-0.39, 0.29) is 11.3 Å². The van der Waals surface area contributed by atoms with Crippen molar-refractivity contribution in [3.05, 3.63) is 65.7 Å². The molecule has 0 bridgehead atoms. The van der Waals surface area contributed by atoms with Crippen molar-refractivity contribution in [3.8, 4) is 11.4 Å². The summed E-state index contributed by atoms with van der Waals surface area (Å²) in [6, 6.07) is 9.18. The zero-order valence-electron chi connectivity index (χ0n) is 14.8. The van der Waals surface area contributed by atoms with Gasteiger partial charge in [-0.3, -0.25) is 4.79 Å². The summed E-state index contributed by atoms with van der Waals surface area (Å²) in [7, 11) is 0. The van der Waals surface area contributed by atoms with Gasteiger partial charge in [0.25, 0.3) is 0 Å². The number of alkyl halides is 3. The van der Waals surface area contributed by atoms with Gasteiger partial charge in [-0.25, -0.2) is 4.39 Å². The van der Waals surface area contributed by atoms with Crippen LogP contribution in [0, 0.1) is 12.7 Å². The van der Waals surface area contributed by atoms with Crippen molar-refractivity contribution < 1.29 is 27.1 Å². The normalized spacial score (nSPS) is 11.6. The molecular formula is C18H13F4N5O2. The standard InChI is InChI=1S/C18H13F4N5O2/c1-11-24-25-26-27(11)13-7-8-14(19)15(10-13)23-17(28)9-6-12-4-2-3-5-16(12)29-18(20,21)22/h2-10H,1H3,(H,23,28)/b9-6+. The molecule has 11 heteroatoms. The number of para-hydroxylation sites is 1. The molecule has 0 atom stereocenters. The van der Waals surface area contributed by atoms with E-state index in [1.165, 1.54) is 35.0 Å². The molecule has 1 heterocycles. The van der Waals surface area contributed by atoms with E-state index in [2.05, 4.69) is 25.6 Å². The summed E-state index contributed by atoms with van der Waals surface area (Å²) in [5.74, 6) is -1.47. The molecular weight excluding hydrogens is 394 g/mol. The van der Waals surface area contributed by atoms with Gasteiger partial charge >= 0.3 is 6.36 Å². The minimum atomic E-state index is -4.87. The molecule has 7 nitrogen and oxygen atoms in total. The van der Waals surface area contributed by atoms with Crippen molar-refractivity contribution >= 4 is 17.7 Å². The van der Waals surface area contributed by atoms with Crippen LogP contribution < -0.4 is 10.1 Å². The monoisotopic (exact) mass is 407 g/mol. The first kappa shape index (κ1) is 20.0. The number of aromatic nitrogens is 4. The molecule has 29 heavy (non-hydrogen) atoms. The largest absolute Gasteiger partial charge is 0.573 e. The fraction of sp³-hybridized carbons (Fsp3) is 0.111. The Labute approximate surface area is 161 Å². The molecule has 0 fully saturated rings. The number of nitrogens with one attached hydrogen (secondary N) is 1. The maximum Gasteiger partial charge on any atom is 0.573 e. The van der Waals surface area contributed by atoms with Gasteiger partial charge in [0.05, 0.1) is 11.4 Å². The van der Waals surface area contributed by atoms with Crippen LogP contribution in [0.4, 0.5) is 23.2 Å². The molecule has 1 N–H and O–H groups in total. The van der Waals surface area contributed by atoms with Crippen LogP contribution in [-0.4, -0.2) is 32.5 Å². The van der Waals surface area contributed by atoms with E-state index >= 15 is 0 Å². The second-order valence-corrected chi connectivity index (χ2v) is 5.71. The average molecular weight is 407 g/mol. The summed E-state index contributed by atoms with van der Waals surface area (Å²) < 4.78 is 56.6. The highest BCUT2D eigenvalue weighted by atomic mass is 19.4. The second-order valence-electron chi connectivity index (χ2n) is 5.71. The van der Waals surface area contributed by atoms with Crippen LogP contribution in [0.1, 0.15) is 11.4 Å². The van der Waals surface area contributed by atoms with E-state index in [9.17, 15) is 22.4 Å². The molecule has 0 unspecified atom stereocenters. The fourth-order valence-electron chi connectivity index (χ4n) is 2.39. The molecule has 2 aromatic carbocycles. The molecule has 0 spiro atoms. The molecule has 0 radical (unpaired) electrons. The van der Waals surface area contributed by atoms with Crippen molar-refractivity contribution in [2.75, 3.05) is 5.32 Å². The number of halogens is 4. The third-order valence-corrected chi connectivity index (χ3v) is 3.64. The molecule has 0 saturated heterocycles. The summed E-state index contributed by atoms with van der Waals surface area (Å²) in [5, 5.41) is 13.3. The average Bonchev–Trinajstić information content (AvgIpc) is 3.07. The summed E-state index contributed by atoms with van der Waals surface area (Å²) in [5.41, 5.74) is 0.294. The minimum Gasteiger partial charge on any atom is -0.405 e. The maximum atomic E-state index is 14.0. The van der Waals surface area contributed by atoms with Crippen LogP contribution >= 0.6 is 0 Å². The van der Waals surface area contributed by atoms with Crippen molar-refractivity contribution in [1.82, 2.24) is 20.2 Å². The fourth-order valence-corrected chi connectivity index (χ4v) is 2.39. The van der Waals surface area contributed by atoms with E-state index in [0.717, 1.165) is 24.3 Å². The number of hydrogen-bond acceptors (Lipinski definition) is 5. The number of benzene rings is 2. The number of tetrazole rings is 1. The van der Waals surface area contributed by atoms with Crippen molar-refractivity contribution in [2.45, 2.75) is 13.3 Å². The number of amides is 1. The van der Waals surface area contributed by atoms with Crippen LogP contribution in [0.15, 0.2) is 48.5 Å². The first-order valence-corrected chi connectivity index (χ1v) is 8.12. The van der Waals surface area contributed by atoms with E-state index in [4.69, 9.17) is 0 Å². The lowest BCUT2D eigenvalue weighted by Gasteiger charge is -2.11. The topological polar surface area (TPSA) is 81.9 Å². The number of ether oxygens (including phenoxy) is 1. The highest BCUT2D eigenvalue weighted by Crippen LogP contribution is 2.27. The Morgan fingerprint density at radius 2 is 1.97 bits per heavy atom. The summed E-state index contributed by atoms with van der Waals surface area (Å²) in [6.45, 7) is 1.64. The van der Waals surface area contributed by atoms with E-state index in [1.807, 2.05) is 0 Å². The van der Waals surface area contributed by atoms with Gasteiger partial charge in [-0.1, -0.05) is 18.2 Å². The Morgan fingerprint density at radius 3 is 2.66 bits per heavy atom. The van der Waals surface area contributed by atoms with Gasteiger partial charge in [0.2, 0.25) is 5.91 Å². The van der Waals surface area contributed by atoms with Gasteiger partial charge in [-0.2, -0.15) is 4.68 Å². The number of aryl methyl sites for hydroxylation is 1. The highest BCUT2D eigenvalue weighted by molar-refractivity contribution is 6.02. The van der Waals surface area contributed by atoms with Gasteiger partial charge in [-0.15, -0.1) is 18.3 Å². The number of carbonyl (C=O) groups is 1. The van der Waals surface area contributed by atoms with Crippen LogP contribution in [-0.2, 0) is 4.79 Å². The first-order valence-electron chi connectivity index (χ1n) is 8.12. The smallest absolute Gasteiger partial charge is 0.405 e. The van der Waals surface area contributed by atoms with Crippen LogP contribution in [0.5, 0.6) is 5.75 Å². The third kappa shape index (κ3) is 5.15. The van der Waals surface area contributed by atoms with E-state index in [0.29, 0.717) is 11.5 Å². The summed E-state index contributed by atoms with van der Waals surface area (Å²) >= 11 is 0. The first-order chi connectivity index (χ1) is 13.7. The number of nitrogens with zero attached hydrogens (tertiary/aromatic N) is 4. The molecule has 1 amide bonds. The predicted octanol–water partition coefficient (Wildman–Crippen LogP) is 3.66. The predicted molar refractivity (Wildman–Crippen MR) is 94.6 cm³/mol. The number of carbonyl (C=O) groups excluding carboxylic acids is 1. The number of rotatable bonds is 5. The van der Waals surface area contributed by atoms with E-state index < -0.39 is 23.8 Å². The lowest BCUT2D eigenvalue weighted by molar-refractivity contribution is -0.274. The third-order valence-electron chi connectivity index (χ3n) is 3.64. The molecule has 0 aliphatic carbocycles. The van der Waals surface area contributed by atoms with Gasteiger partial charge in [0.1, 0.15) is 11.6 Å². The molecule has 0 aliphatic rings. The lowest BCUT2D eigenvalue weighted by Crippen LogP contribution is -2.17. The van der Waals surface area contributed by atoms with Gasteiger partial charge in [0, 0.05) is 11.6 Å². The Hall–Kier alpha value is -3.76. The Balaban J connectivity index is 1.77. The Bertz CT molecular complexity index is 1060. The van der Waals surface area contributed by atoms with Crippen LogP contribution in [0.2, 0.25) is 0 Å². The van der Waals surface area contributed by atoms with Gasteiger partial charge in [0.15, 0.2) is 5.82 Å². The minimum absolute atomic E-state index is 0.0264. The molecule has 150 valence electrons. The summed E-state index contributed by atoms with van der Waals surface area (Å²) in [6.07, 6.45) is -2.78. The van der Waals surface area contributed by atoms with Gasteiger partial charge < -0.3 is 10.1 Å². The van der Waals surface area contributed by atoms with Crippen LogP contribution in [0.25, 0.3) is 11.8 Å². The molecule has 3 rings (SSSR count). The Kier molecular flexibility index (Phi) is 5.57. The Morgan fingerprint density at radius 1 is 1.21 bits per heavy atom. The lowest BCUT2D eigenvalue weighted by atomic mass is 10.2. The molecule has 0 aliphatic heterocycles. The molecule has 1 aromatic heterocycles. The van der Waals surface area contributed by atoms with Crippen LogP contribution in [0.3, 0.4) is 0 Å². The summed E-state index contributed by atoms with van der Waals surface area (Å²) in [4.78, 5) is 12.1. The van der Waals surface area contributed by atoms with E-state index in [1.54, 1.807) is 6.92 Å². The maximum absolute atomic E-state index is 14.0. The number of anilines is 1. The van der Waals surface area contributed by atoms with Crippen molar-refractivity contribution in [1.29, 1.82) is 0 Å². The molecule has 3 aromatic rings. The zero-order chi connectivity index (χ0) is 21.0. The number of hydrogen-bond donors (Lipinski definition) is 1.